The summed E-state index contributed by atoms with van der Waals surface area (Å²) in [7, 11) is 6.21. The molecule has 0 saturated carbocycles. The van der Waals surface area contributed by atoms with E-state index in [1.807, 2.05) is 0 Å². The predicted octanol–water partition coefficient (Wildman–Crippen LogP) is 0.215. The van der Waals surface area contributed by atoms with E-state index in [-0.39, 0.29) is 6.79 Å². The molecule has 0 aliphatic carbocycles. The average molecular weight is 224 g/mol. The molecule has 0 N–H and O–H groups in total. The molecule has 0 aromatic rings. The van der Waals surface area contributed by atoms with Crippen molar-refractivity contribution in [2.75, 3.05) is 48.4 Å². The highest BCUT2D eigenvalue weighted by Gasteiger charge is 2.10. The van der Waals surface area contributed by atoms with Gasteiger partial charge in [-0.3, -0.25) is 0 Å². The van der Waals surface area contributed by atoms with Crippen molar-refractivity contribution in [2.24, 2.45) is 0 Å². The van der Waals surface area contributed by atoms with Crippen LogP contribution in [0.5, 0.6) is 0 Å². The molecular formula is C9H20O6. The molecule has 92 valence electrons. The van der Waals surface area contributed by atoms with Gasteiger partial charge in [-0.1, -0.05) is 0 Å². The van der Waals surface area contributed by atoms with Gasteiger partial charge in [0.15, 0.2) is 19.4 Å². The number of ether oxygens (including phenoxy) is 6. The van der Waals surface area contributed by atoms with Gasteiger partial charge in [0.25, 0.3) is 0 Å². The molecule has 0 aliphatic heterocycles. The summed E-state index contributed by atoms with van der Waals surface area (Å²) < 4.78 is 30.1. The molecule has 0 rings (SSSR count). The molecule has 0 radical (unpaired) electrons. The van der Waals surface area contributed by atoms with E-state index in [0.717, 1.165) is 0 Å². The van der Waals surface area contributed by atoms with E-state index in [1.54, 1.807) is 14.2 Å². The van der Waals surface area contributed by atoms with Crippen LogP contribution in [-0.2, 0) is 28.4 Å². The Hall–Kier alpha value is -0.240. The van der Waals surface area contributed by atoms with Gasteiger partial charge in [-0.15, -0.1) is 0 Å². The third-order valence-electron chi connectivity index (χ3n) is 1.64. The van der Waals surface area contributed by atoms with Crippen molar-refractivity contribution in [3.8, 4) is 0 Å². The average Bonchev–Trinajstić information content (AvgIpc) is 2.26. The Morgan fingerprint density at radius 3 is 1.40 bits per heavy atom. The second kappa shape index (κ2) is 10.3. The van der Waals surface area contributed by atoms with Crippen LogP contribution < -0.4 is 0 Å². The van der Waals surface area contributed by atoms with Crippen LogP contribution in [-0.4, -0.2) is 61.0 Å². The highest BCUT2D eigenvalue weighted by molar-refractivity contribution is 4.39. The van der Waals surface area contributed by atoms with E-state index in [2.05, 4.69) is 0 Å². The van der Waals surface area contributed by atoms with E-state index in [4.69, 9.17) is 28.4 Å². The van der Waals surface area contributed by atoms with E-state index in [9.17, 15) is 0 Å². The molecule has 0 spiro atoms. The molecule has 6 heteroatoms. The number of methoxy groups -OCH3 is 4. The summed E-state index contributed by atoms with van der Waals surface area (Å²) in [6.07, 6.45) is -0.870. The fraction of sp³-hybridized carbons (Fsp3) is 1.00. The van der Waals surface area contributed by atoms with Crippen LogP contribution in [0.15, 0.2) is 0 Å². The van der Waals surface area contributed by atoms with Gasteiger partial charge in [0.2, 0.25) is 0 Å². The Morgan fingerprint density at radius 1 is 0.733 bits per heavy atom. The zero-order valence-corrected chi connectivity index (χ0v) is 9.73. The predicted molar refractivity (Wildman–Crippen MR) is 52.4 cm³/mol. The zero-order chi connectivity index (χ0) is 11.5. The number of rotatable bonds is 10. The van der Waals surface area contributed by atoms with Gasteiger partial charge in [0.1, 0.15) is 0 Å². The van der Waals surface area contributed by atoms with Crippen LogP contribution in [0.3, 0.4) is 0 Å². The maximum atomic E-state index is 5.21. The van der Waals surface area contributed by atoms with Crippen molar-refractivity contribution in [1.29, 1.82) is 0 Å². The number of hydrogen-bond acceptors (Lipinski definition) is 6. The van der Waals surface area contributed by atoms with Gasteiger partial charge < -0.3 is 28.4 Å². The lowest BCUT2D eigenvalue weighted by molar-refractivity contribution is -0.251. The minimum absolute atomic E-state index is 0.0593. The van der Waals surface area contributed by atoms with Crippen LogP contribution in [0.25, 0.3) is 0 Å². The molecule has 0 aromatic heterocycles. The largest absolute Gasteiger partial charge is 0.379 e. The molecule has 0 fully saturated rings. The Bertz CT molecular complexity index is 118. The van der Waals surface area contributed by atoms with Crippen molar-refractivity contribution in [1.82, 2.24) is 0 Å². The molecule has 0 bridgehead atoms. The monoisotopic (exact) mass is 224 g/mol. The maximum absolute atomic E-state index is 5.21. The summed E-state index contributed by atoms with van der Waals surface area (Å²) in [4.78, 5) is 0. The fourth-order valence-corrected chi connectivity index (χ4v) is 0.832. The highest BCUT2D eigenvalue weighted by atomic mass is 16.8. The normalized spacial score (nSPS) is 15.2. The fourth-order valence-electron chi connectivity index (χ4n) is 0.832. The van der Waals surface area contributed by atoms with E-state index in [1.165, 1.54) is 14.2 Å². The first-order chi connectivity index (χ1) is 7.28. The van der Waals surface area contributed by atoms with E-state index >= 15 is 0 Å². The summed E-state index contributed by atoms with van der Waals surface area (Å²) in [6, 6.07) is 0. The van der Waals surface area contributed by atoms with Crippen LogP contribution >= 0.6 is 0 Å². The van der Waals surface area contributed by atoms with Gasteiger partial charge in [-0.05, 0) is 0 Å². The van der Waals surface area contributed by atoms with Gasteiger partial charge in [-0.25, -0.2) is 0 Å². The minimum atomic E-state index is -0.435. The minimum Gasteiger partial charge on any atom is -0.379 e. The third kappa shape index (κ3) is 7.66. The van der Waals surface area contributed by atoms with E-state index in [0.29, 0.717) is 13.2 Å². The first kappa shape index (κ1) is 14.8. The Morgan fingerprint density at radius 2 is 1.13 bits per heavy atom. The molecule has 15 heavy (non-hydrogen) atoms. The molecule has 0 saturated heterocycles. The molecule has 2 unspecified atom stereocenters. The summed E-state index contributed by atoms with van der Waals surface area (Å²) in [5, 5.41) is 0. The molecule has 0 aromatic carbocycles. The van der Waals surface area contributed by atoms with Crippen molar-refractivity contribution < 1.29 is 28.4 Å². The maximum Gasteiger partial charge on any atom is 0.183 e. The second-order valence-electron chi connectivity index (χ2n) is 2.69. The second-order valence-corrected chi connectivity index (χ2v) is 2.69. The molecule has 0 aliphatic rings. The lowest BCUT2D eigenvalue weighted by Crippen LogP contribution is -2.27. The van der Waals surface area contributed by atoms with Crippen LogP contribution in [0.2, 0.25) is 0 Å². The van der Waals surface area contributed by atoms with Crippen LogP contribution in [0, 0.1) is 0 Å². The van der Waals surface area contributed by atoms with Gasteiger partial charge in [0, 0.05) is 28.4 Å². The molecule has 6 nitrogen and oxygen atoms in total. The van der Waals surface area contributed by atoms with Gasteiger partial charge in [0.05, 0.1) is 13.2 Å². The lowest BCUT2D eigenvalue weighted by Gasteiger charge is -2.18. The quantitative estimate of drug-likeness (QED) is 0.495. The van der Waals surface area contributed by atoms with Crippen molar-refractivity contribution >= 4 is 0 Å². The smallest absolute Gasteiger partial charge is 0.183 e. The lowest BCUT2D eigenvalue weighted by atomic mass is 10.7. The van der Waals surface area contributed by atoms with Crippen molar-refractivity contribution in [3.05, 3.63) is 0 Å². The van der Waals surface area contributed by atoms with Crippen LogP contribution in [0.1, 0.15) is 0 Å². The zero-order valence-electron chi connectivity index (χ0n) is 9.73. The molecule has 0 amide bonds. The first-order valence-electron chi connectivity index (χ1n) is 4.55. The summed E-state index contributed by atoms with van der Waals surface area (Å²) >= 11 is 0. The van der Waals surface area contributed by atoms with Crippen molar-refractivity contribution in [2.45, 2.75) is 12.6 Å². The third-order valence-corrected chi connectivity index (χ3v) is 1.64. The Labute approximate surface area is 90.3 Å². The highest BCUT2D eigenvalue weighted by Crippen LogP contribution is 1.98. The van der Waals surface area contributed by atoms with E-state index < -0.39 is 12.6 Å². The summed E-state index contributed by atoms with van der Waals surface area (Å²) in [5.41, 5.74) is 0. The molecule has 2 atom stereocenters. The molecule has 0 heterocycles. The van der Waals surface area contributed by atoms with Gasteiger partial charge >= 0.3 is 0 Å². The number of hydrogen-bond donors (Lipinski definition) is 0. The topological polar surface area (TPSA) is 55.4 Å². The van der Waals surface area contributed by atoms with Crippen molar-refractivity contribution in [3.63, 3.8) is 0 Å². The van der Waals surface area contributed by atoms with Gasteiger partial charge in [-0.2, -0.15) is 0 Å². The SMILES string of the molecule is COCC(OC)OCOC(COC)OC. The first-order valence-corrected chi connectivity index (χ1v) is 4.55. The molecular weight excluding hydrogens is 204 g/mol. The summed E-state index contributed by atoms with van der Waals surface area (Å²) in [5.74, 6) is 0. The summed E-state index contributed by atoms with van der Waals surface area (Å²) in [6.45, 7) is 0.757. The standard InChI is InChI=1S/C9H20O6/c1-10-5-8(12-3)14-7-15-9(13-4)6-11-2/h8-9H,5-7H2,1-4H3. The van der Waals surface area contributed by atoms with Crippen LogP contribution in [0.4, 0.5) is 0 Å². The Balaban J connectivity index is 3.55. The Kier molecular flexibility index (Phi) is 10.1.